The van der Waals surface area contributed by atoms with Gasteiger partial charge in [-0.2, -0.15) is 0 Å². The van der Waals surface area contributed by atoms with Gasteiger partial charge in [0.2, 0.25) is 0 Å². The van der Waals surface area contributed by atoms with Crippen LogP contribution < -0.4 is 15.4 Å². The number of carbonyl (C=O) groups is 2. The first-order valence-electron chi connectivity index (χ1n) is 8.38. The molecular weight excluding hydrogens is 435 g/mol. The van der Waals surface area contributed by atoms with Crippen molar-refractivity contribution < 1.29 is 19.4 Å². The Kier molecular flexibility index (Phi) is 6.64. The molecule has 1 heterocycles. The zero-order chi connectivity index (χ0) is 21.0. The summed E-state index contributed by atoms with van der Waals surface area (Å²) >= 11 is 13.0. The summed E-state index contributed by atoms with van der Waals surface area (Å²) in [6.45, 7) is 0.249. The van der Waals surface area contributed by atoms with Crippen LogP contribution in [0, 0.1) is 0 Å². The highest BCUT2D eigenvalue weighted by Crippen LogP contribution is 2.32. The van der Waals surface area contributed by atoms with Gasteiger partial charge in [0.15, 0.2) is 0 Å². The number of halogens is 2. The molecule has 29 heavy (non-hydrogen) atoms. The molecule has 0 spiro atoms. The molecule has 3 N–H and O–H groups in total. The van der Waals surface area contributed by atoms with Gasteiger partial charge in [0, 0.05) is 17.7 Å². The fourth-order valence-corrected chi connectivity index (χ4v) is 3.85. The van der Waals surface area contributed by atoms with Crippen molar-refractivity contribution in [3.8, 4) is 11.5 Å². The van der Waals surface area contributed by atoms with Crippen LogP contribution in [0.4, 0.5) is 5.69 Å². The molecule has 0 fully saturated rings. The van der Waals surface area contributed by atoms with E-state index in [9.17, 15) is 14.7 Å². The minimum Gasteiger partial charge on any atom is -0.506 e. The highest BCUT2D eigenvalue weighted by Gasteiger charge is 2.19. The molecule has 0 aliphatic carbocycles. The van der Waals surface area contributed by atoms with Crippen LogP contribution in [-0.2, 0) is 6.54 Å². The second-order valence-electron chi connectivity index (χ2n) is 5.91. The first-order valence-corrected chi connectivity index (χ1v) is 9.95. The molecule has 0 radical (unpaired) electrons. The van der Waals surface area contributed by atoms with E-state index in [0.717, 1.165) is 16.9 Å². The van der Waals surface area contributed by atoms with Crippen LogP contribution in [0.25, 0.3) is 0 Å². The second kappa shape index (κ2) is 9.17. The predicted octanol–water partition coefficient (Wildman–Crippen LogP) is 4.95. The van der Waals surface area contributed by atoms with Crippen molar-refractivity contribution in [2.24, 2.45) is 0 Å². The topological polar surface area (TPSA) is 87.7 Å². The lowest BCUT2D eigenvalue weighted by atomic mass is 10.2. The molecule has 3 rings (SSSR count). The molecule has 6 nitrogen and oxygen atoms in total. The van der Waals surface area contributed by atoms with Crippen LogP contribution in [0.2, 0.25) is 9.36 Å². The molecule has 0 atom stereocenters. The number of amides is 2. The number of phenols is 1. The summed E-state index contributed by atoms with van der Waals surface area (Å²) in [6, 6.07) is 12.9. The Morgan fingerprint density at radius 1 is 1.10 bits per heavy atom. The summed E-state index contributed by atoms with van der Waals surface area (Å²) in [5.41, 5.74) is 1.33. The van der Waals surface area contributed by atoms with Gasteiger partial charge in [0.05, 0.1) is 22.2 Å². The molecule has 0 saturated heterocycles. The Morgan fingerprint density at radius 2 is 1.86 bits per heavy atom. The molecule has 2 amide bonds. The highest BCUT2D eigenvalue weighted by atomic mass is 35.5. The number of thiophene rings is 1. The number of anilines is 1. The molecule has 0 saturated carbocycles. The maximum atomic E-state index is 12.7. The Labute approximate surface area is 181 Å². The third kappa shape index (κ3) is 5.00. The normalized spacial score (nSPS) is 10.4. The summed E-state index contributed by atoms with van der Waals surface area (Å²) in [6.07, 6.45) is 0. The number of aromatic hydroxyl groups is 1. The number of carbonyl (C=O) groups excluding carboxylic acids is 2. The SMILES string of the molecule is COc1ccccc1CNC(=O)c1sc(Cl)cc1NC(=O)c1ccc(O)c(Cl)c1. The number of ether oxygens (including phenoxy) is 1. The van der Waals surface area contributed by atoms with E-state index >= 15 is 0 Å². The Hall–Kier alpha value is -2.74. The van der Waals surface area contributed by atoms with E-state index in [-0.39, 0.29) is 39.4 Å². The van der Waals surface area contributed by atoms with Crippen LogP contribution in [0.1, 0.15) is 25.6 Å². The first kappa shape index (κ1) is 21.0. The third-order valence-electron chi connectivity index (χ3n) is 4.00. The van der Waals surface area contributed by atoms with Crippen LogP contribution in [0.3, 0.4) is 0 Å². The number of nitrogens with one attached hydrogen (secondary N) is 2. The second-order valence-corrected chi connectivity index (χ2v) is 8.00. The van der Waals surface area contributed by atoms with Gasteiger partial charge in [-0.15, -0.1) is 11.3 Å². The Balaban J connectivity index is 1.74. The van der Waals surface area contributed by atoms with Crippen molar-refractivity contribution in [2.45, 2.75) is 6.54 Å². The molecule has 0 unspecified atom stereocenters. The predicted molar refractivity (Wildman–Crippen MR) is 115 cm³/mol. The quantitative estimate of drug-likeness (QED) is 0.495. The molecule has 0 bridgehead atoms. The van der Waals surface area contributed by atoms with E-state index in [0.29, 0.717) is 10.1 Å². The van der Waals surface area contributed by atoms with Gasteiger partial charge in [0.25, 0.3) is 11.8 Å². The number of rotatable bonds is 6. The average Bonchev–Trinajstić information content (AvgIpc) is 3.08. The smallest absolute Gasteiger partial charge is 0.263 e. The van der Waals surface area contributed by atoms with Gasteiger partial charge < -0.3 is 20.5 Å². The van der Waals surface area contributed by atoms with Crippen molar-refractivity contribution in [1.29, 1.82) is 0 Å². The minimum absolute atomic E-state index is 0.0516. The van der Waals surface area contributed by atoms with Crippen molar-refractivity contribution in [3.05, 3.63) is 73.9 Å². The molecule has 0 aliphatic rings. The third-order valence-corrected chi connectivity index (χ3v) is 5.56. The summed E-state index contributed by atoms with van der Waals surface area (Å²) in [4.78, 5) is 25.4. The maximum Gasteiger partial charge on any atom is 0.263 e. The zero-order valence-electron chi connectivity index (χ0n) is 15.2. The summed E-state index contributed by atoms with van der Waals surface area (Å²) < 4.78 is 5.63. The van der Waals surface area contributed by atoms with Crippen molar-refractivity contribution in [1.82, 2.24) is 5.32 Å². The summed E-state index contributed by atoms with van der Waals surface area (Å²) in [5.74, 6) is -0.333. The minimum atomic E-state index is -0.486. The van der Waals surface area contributed by atoms with Crippen LogP contribution >= 0.6 is 34.5 Å². The summed E-state index contributed by atoms with van der Waals surface area (Å²) in [5, 5.41) is 15.0. The number of hydrogen-bond acceptors (Lipinski definition) is 5. The first-order chi connectivity index (χ1) is 13.9. The lowest BCUT2D eigenvalue weighted by molar-refractivity contribution is 0.0955. The molecule has 2 aromatic carbocycles. The zero-order valence-corrected chi connectivity index (χ0v) is 17.5. The Morgan fingerprint density at radius 3 is 2.59 bits per heavy atom. The lowest BCUT2D eigenvalue weighted by Crippen LogP contribution is -2.23. The van der Waals surface area contributed by atoms with Gasteiger partial charge in [0.1, 0.15) is 16.4 Å². The van der Waals surface area contributed by atoms with Gasteiger partial charge in [-0.3, -0.25) is 9.59 Å². The molecule has 3 aromatic rings. The fourth-order valence-electron chi connectivity index (χ4n) is 2.57. The number of methoxy groups -OCH3 is 1. The van der Waals surface area contributed by atoms with Crippen LogP contribution in [0.5, 0.6) is 11.5 Å². The van der Waals surface area contributed by atoms with Crippen LogP contribution in [0.15, 0.2) is 48.5 Å². The largest absolute Gasteiger partial charge is 0.506 e. The standard InChI is InChI=1S/C20H16Cl2N2O4S/c1-28-16-5-3-2-4-12(16)10-23-20(27)18-14(9-17(22)29-18)24-19(26)11-6-7-15(25)13(21)8-11/h2-9,25H,10H2,1H3,(H,23,27)(H,24,26). The van der Waals surface area contributed by atoms with Gasteiger partial charge in [-0.1, -0.05) is 41.4 Å². The van der Waals surface area contributed by atoms with Crippen molar-refractivity contribution >= 4 is 52.0 Å². The van der Waals surface area contributed by atoms with E-state index in [1.807, 2.05) is 18.2 Å². The van der Waals surface area contributed by atoms with E-state index < -0.39 is 5.91 Å². The Bertz CT molecular complexity index is 1070. The number of phenolic OH excluding ortho intramolecular Hbond substituents is 1. The number of hydrogen-bond donors (Lipinski definition) is 3. The molecule has 0 aliphatic heterocycles. The summed E-state index contributed by atoms with van der Waals surface area (Å²) in [7, 11) is 1.56. The molecule has 1 aromatic heterocycles. The van der Waals surface area contributed by atoms with Crippen molar-refractivity contribution in [3.63, 3.8) is 0 Å². The molecule has 150 valence electrons. The van der Waals surface area contributed by atoms with E-state index in [1.165, 1.54) is 24.3 Å². The maximum absolute atomic E-state index is 12.7. The van der Waals surface area contributed by atoms with Gasteiger partial charge >= 0.3 is 0 Å². The van der Waals surface area contributed by atoms with E-state index in [2.05, 4.69) is 10.6 Å². The van der Waals surface area contributed by atoms with Gasteiger partial charge in [-0.05, 0) is 30.3 Å². The fraction of sp³-hybridized carbons (Fsp3) is 0.100. The highest BCUT2D eigenvalue weighted by molar-refractivity contribution is 7.18. The number of para-hydroxylation sites is 1. The molecule has 9 heteroatoms. The van der Waals surface area contributed by atoms with E-state index in [4.69, 9.17) is 27.9 Å². The van der Waals surface area contributed by atoms with Crippen LogP contribution in [-0.4, -0.2) is 24.0 Å². The number of benzene rings is 2. The van der Waals surface area contributed by atoms with E-state index in [1.54, 1.807) is 13.2 Å². The monoisotopic (exact) mass is 450 g/mol. The average molecular weight is 451 g/mol. The lowest BCUT2D eigenvalue weighted by Gasteiger charge is -2.10. The molecular formula is C20H16Cl2N2O4S. The van der Waals surface area contributed by atoms with Gasteiger partial charge in [-0.25, -0.2) is 0 Å². The van der Waals surface area contributed by atoms with Crippen molar-refractivity contribution in [2.75, 3.05) is 12.4 Å².